The van der Waals surface area contributed by atoms with E-state index >= 15 is 0 Å². The van der Waals surface area contributed by atoms with Gasteiger partial charge >= 0.3 is 0 Å². The number of benzene rings is 2. The molecular weight excluding hydrogens is 326 g/mol. The first kappa shape index (κ1) is 14.9. The summed E-state index contributed by atoms with van der Waals surface area (Å²) < 4.78 is 11.0. The maximum absolute atomic E-state index is 5.89. The Bertz CT molecular complexity index is 989. The fourth-order valence-corrected chi connectivity index (χ4v) is 2.61. The van der Waals surface area contributed by atoms with Gasteiger partial charge in [0.2, 0.25) is 11.7 Å². The zero-order valence-electron chi connectivity index (χ0n) is 13.0. The Hall–Kier alpha value is -2.66. The number of hydrogen-bond donors (Lipinski definition) is 0. The lowest BCUT2D eigenvalue weighted by molar-refractivity contribution is 0.385. The molecule has 120 valence electrons. The molecule has 0 aliphatic rings. The number of rotatable bonds is 4. The van der Waals surface area contributed by atoms with E-state index in [4.69, 9.17) is 20.5 Å². The molecule has 0 saturated heterocycles. The zero-order chi connectivity index (χ0) is 16.5. The summed E-state index contributed by atoms with van der Waals surface area (Å²) in [6.45, 7) is 2.01. The van der Waals surface area contributed by atoms with E-state index < -0.39 is 0 Å². The Morgan fingerprint density at radius 2 is 1.83 bits per heavy atom. The second-order valence-corrected chi connectivity index (χ2v) is 5.90. The summed E-state index contributed by atoms with van der Waals surface area (Å²) in [4.78, 5) is 8.90. The predicted octanol–water partition coefficient (Wildman–Crippen LogP) is 4.68. The van der Waals surface area contributed by atoms with Crippen LogP contribution in [0, 0.1) is 0 Å². The highest BCUT2D eigenvalue weighted by Gasteiger charge is 2.12. The summed E-state index contributed by atoms with van der Waals surface area (Å²) in [6, 6.07) is 13.3. The molecule has 0 radical (unpaired) electrons. The largest absolute Gasteiger partial charge is 0.441 e. The highest BCUT2D eigenvalue weighted by Crippen LogP contribution is 2.23. The fourth-order valence-electron chi connectivity index (χ4n) is 2.49. The van der Waals surface area contributed by atoms with Crippen molar-refractivity contribution in [3.05, 3.63) is 64.8 Å². The lowest BCUT2D eigenvalue weighted by Crippen LogP contribution is -1.88. The van der Waals surface area contributed by atoms with Crippen molar-refractivity contribution in [3.63, 3.8) is 0 Å². The molecule has 0 fully saturated rings. The van der Waals surface area contributed by atoms with Gasteiger partial charge < -0.3 is 8.94 Å². The molecule has 0 spiro atoms. The lowest BCUT2D eigenvalue weighted by atomic mass is 10.1. The molecular formula is C18H14ClN3O2. The Morgan fingerprint density at radius 1 is 1.00 bits per heavy atom. The van der Waals surface area contributed by atoms with Gasteiger partial charge in [0.25, 0.3) is 0 Å². The van der Waals surface area contributed by atoms with Crippen LogP contribution in [0.2, 0.25) is 5.02 Å². The molecule has 0 unspecified atom stereocenters. The molecule has 0 amide bonds. The molecule has 0 atom stereocenters. The molecule has 2 aromatic carbocycles. The van der Waals surface area contributed by atoms with Gasteiger partial charge in [-0.05, 0) is 35.9 Å². The van der Waals surface area contributed by atoms with Crippen LogP contribution >= 0.6 is 11.6 Å². The first-order chi connectivity index (χ1) is 11.7. The third kappa shape index (κ3) is 2.90. The van der Waals surface area contributed by atoms with Crippen LogP contribution in [0.5, 0.6) is 0 Å². The SMILES string of the molecule is CCc1nc2cc(-c3noc(Cc4ccc(Cl)cc4)n3)ccc2o1. The van der Waals surface area contributed by atoms with E-state index in [1.54, 1.807) is 0 Å². The first-order valence-electron chi connectivity index (χ1n) is 7.68. The number of oxazole rings is 1. The van der Waals surface area contributed by atoms with Crippen molar-refractivity contribution < 1.29 is 8.94 Å². The van der Waals surface area contributed by atoms with Crippen molar-refractivity contribution in [2.45, 2.75) is 19.8 Å². The van der Waals surface area contributed by atoms with Crippen molar-refractivity contribution in [2.24, 2.45) is 0 Å². The van der Waals surface area contributed by atoms with Crippen molar-refractivity contribution in [3.8, 4) is 11.4 Å². The number of fused-ring (bicyclic) bond motifs is 1. The fraction of sp³-hybridized carbons (Fsp3) is 0.167. The van der Waals surface area contributed by atoms with Crippen LogP contribution in [-0.4, -0.2) is 15.1 Å². The number of hydrogen-bond acceptors (Lipinski definition) is 5. The highest BCUT2D eigenvalue weighted by atomic mass is 35.5. The van der Waals surface area contributed by atoms with Gasteiger partial charge in [0, 0.05) is 17.0 Å². The smallest absolute Gasteiger partial charge is 0.231 e. The lowest BCUT2D eigenvalue weighted by Gasteiger charge is -1.96. The average Bonchev–Trinajstić information content (AvgIpc) is 3.22. The van der Waals surface area contributed by atoms with Crippen LogP contribution in [-0.2, 0) is 12.8 Å². The van der Waals surface area contributed by atoms with Crippen molar-refractivity contribution in [1.29, 1.82) is 0 Å². The van der Waals surface area contributed by atoms with E-state index in [0.717, 1.165) is 34.5 Å². The molecule has 0 N–H and O–H groups in total. The van der Waals surface area contributed by atoms with Crippen molar-refractivity contribution >= 4 is 22.7 Å². The minimum Gasteiger partial charge on any atom is -0.441 e. The Kier molecular flexibility index (Phi) is 3.78. The Labute approximate surface area is 143 Å². The Morgan fingerprint density at radius 3 is 2.62 bits per heavy atom. The van der Waals surface area contributed by atoms with Gasteiger partial charge in [0.1, 0.15) is 5.52 Å². The van der Waals surface area contributed by atoms with Crippen LogP contribution in [0.25, 0.3) is 22.5 Å². The van der Waals surface area contributed by atoms with Gasteiger partial charge in [-0.25, -0.2) is 4.98 Å². The number of halogens is 1. The number of aromatic nitrogens is 3. The van der Waals surface area contributed by atoms with E-state index in [-0.39, 0.29) is 0 Å². The van der Waals surface area contributed by atoms with E-state index in [1.807, 2.05) is 49.4 Å². The summed E-state index contributed by atoms with van der Waals surface area (Å²) >= 11 is 5.89. The van der Waals surface area contributed by atoms with E-state index in [0.29, 0.717) is 23.2 Å². The van der Waals surface area contributed by atoms with Gasteiger partial charge in [0.05, 0.1) is 6.42 Å². The maximum atomic E-state index is 5.89. The van der Waals surface area contributed by atoms with Gasteiger partial charge in [-0.2, -0.15) is 4.98 Å². The molecule has 0 saturated carbocycles. The minimum absolute atomic E-state index is 0.543. The van der Waals surface area contributed by atoms with Crippen LogP contribution in [0.1, 0.15) is 24.3 Å². The summed E-state index contributed by atoms with van der Waals surface area (Å²) in [7, 11) is 0. The molecule has 0 aliphatic carbocycles. The zero-order valence-corrected chi connectivity index (χ0v) is 13.7. The normalized spacial score (nSPS) is 11.2. The standard InChI is InChI=1S/C18H14ClN3O2/c1-2-16-20-14-10-12(5-8-15(14)23-16)18-21-17(24-22-18)9-11-3-6-13(19)7-4-11/h3-8,10H,2,9H2,1H3. The van der Waals surface area contributed by atoms with Crippen LogP contribution in [0.3, 0.4) is 0 Å². The summed E-state index contributed by atoms with van der Waals surface area (Å²) in [6.07, 6.45) is 1.33. The molecule has 5 nitrogen and oxygen atoms in total. The van der Waals surface area contributed by atoms with E-state index in [2.05, 4.69) is 15.1 Å². The summed E-state index contributed by atoms with van der Waals surface area (Å²) in [5.74, 6) is 1.82. The van der Waals surface area contributed by atoms with E-state index in [9.17, 15) is 0 Å². The quantitative estimate of drug-likeness (QED) is 0.540. The molecule has 0 aliphatic heterocycles. The second kappa shape index (κ2) is 6.09. The van der Waals surface area contributed by atoms with Crippen LogP contribution in [0.15, 0.2) is 51.4 Å². The molecule has 6 heteroatoms. The molecule has 2 aromatic heterocycles. The molecule has 4 aromatic rings. The third-order valence-electron chi connectivity index (χ3n) is 3.73. The highest BCUT2D eigenvalue weighted by molar-refractivity contribution is 6.30. The minimum atomic E-state index is 0.543. The second-order valence-electron chi connectivity index (χ2n) is 5.46. The van der Waals surface area contributed by atoms with Crippen LogP contribution in [0.4, 0.5) is 0 Å². The van der Waals surface area contributed by atoms with Crippen molar-refractivity contribution in [2.75, 3.05) is 0 Å². The maximum Gasteiger partial charge on any atom is 0.231 e. The van der Waals surface area contributed by atoms with Gasteiger partial charge in [0.15, 0.2) is 11.5 Å². The predicted molar refractivity (Wildman–Crippen MR) is 90.9 cm³/mol. The van der Waals surface area contributed by atoms with E-state index in [1.165, 1.54) is 0 Å². The Balaban J connectivity index is 1.60. The summed E-state index contributed by atoms with van der Waals surface area (Å²) in [5.41, 5.74) is 3.48. The monoisotopic (exact) mass is 339 g/mol. The first-order valence-corrected chi connectivity index (χ1v) is 8.06. The van der Waals surface area contributed by atoms with Crippen molar-refractivity contribution in [1.82, 2.24) is 15.1 Å². The number of nitrogens with zero attached hydrogens (tertiary/aromatic N) is 3. The topological polar surface area (TPSA) is 65.0 Å². The summed E-state index contributed by atoms with van der Waals surface area (Å²) in [5, 5.41) is 4.77. The van der Waals surface area contributed by atoms with Crippen LogP contribution < -0.4 is 0 Å². The van der Waals surface area contributed by atoms with Gasteiger partial charge in [-0.1, -0.05) is 35.8 Å². The molecule has 24 heavy (non-hydrogen) atoms. The average molecular weight is 340 g/mol. The van der Waals surface area contributed by atoms with Gasteiger partial charge in [-0.3, -0.25) is 0 Å². The van der Waals surface area contributed by atoms with Gasteiger partial charge in [-0.15, -0.1) is 0 Å². The molecule has 2 heterocycles. The molecule has 4 rings (SSSR count). The third-order valence-corrected chi connectivity index (χ3v) is 3.98. The number of aryl methyl sites for hydroxylation is 1. The molecule has 0 bridgehead atoms.